The second-order valence-electron chi connectivity index (χ2n) is 32.0. The lowest BCUT2D eigenvalue weighted by molar-refractivity contribution is -0.161. The molecule has 109 heavy (non-hydrogen) atoms. The van der Waals surface area contributed by atoms with Crippen molar-refractivity contribution in [2.24, 2.45) is 29.1 Å². The quantitative estimate of drug-likeness (QED) is 0.0615. The zero-order valence-electron chi connectivity index (χ0n) is 67.7. The van der Waals surface area contributed by atoms with Gasteiger partial charge in [-0.3, -0.25) is 57.5 Å². The van der Waals surface area contributed by atoms with Gasteiger partial charge in [0, 0.05) is 103 Å². The van der Waals surface area contributed by atoms with E-state index in [1.54, 1.807) is 32.9 Å². The van der Waals surface area contributed by atoms with Crippen LogP contribution in [-0.4, -0.2) is 310 Å². The Labute approximate surface area is 641 Å². The van der Waals surface area contributed by atoms with Crippen molar-refractivity contribution in [2.45, 2.75) is 262 Å². The maximum absolute atomic E-state index is 15.8. The van der Waals surface area contributed by atoms with Gasteiger partial charge in [-0.2, -0.15) is 13.2 Å². The van der Waals surface area contributed by atoms with Crippen LogP contribution < -0.4 is 16.0 Å². The number of likely N-dealkylation sites (N-methyl/N-ethyl adjacent to an activating group) is 7. The van der Waals surface area contributed by atoms with E-state index >= 15 is 33.2 Å². The number of rotatable bonds is 23. The molecule has 3 heterocycles. The summed E-state index contributed by atoms with van der Waals surface area (Å²) in [5.74, 6) is -11.4. The number of methoxy groups -OCH3 is 1. The van der Waals surface area contributed by atoms with Gasteiger partial charge in [0.2, 0.25) is 70.9 Å². The van der Waals surface area contributed by atoms with Crippen molar-refractivity contribution in [2.75, 3.05) is 116 Å². The fourth-order valence-electron chi connectivity index (χ4n) is 16.3. The number of hydrogen-bond acceptors (Lipinski definition) is 15. The minimum absolute atomic E-state index is 0.00824. The Balaban J connectivity index is 1.73. The van der Waals surface area contributed by atoms with Gasteiger partial charge in [-0.05, 0) is 126 Å². The molecule has 2 bridgehead atoms. The number of carbonyl (C=O) groups excluding carboxylic acids is 12. The van der Waals surface area contributed by atoms with Crippen molar-refractivity contribution >= 4 is 70.9 Å². The third-order valence-electron chi connectivity index (χ3n) is 22.8. The van der Waals surface area contributed by atoms with E-state index < -0.39 is 205 Å². The van der Waals surface area contributed by atoms with Gasteiger partial charge in [-0.15, -0.1) is 0 Å². The second-order valence-corrected chi connectivity index (χ2v) is 32.0. The lowest BCUT2D eigenvalue weighted by atomic mass is 9.58. The number of nitrogens with one attached hydrogen (secondary N) is 3. The summed E-state index contributed by atoms with van der Waals surface area (Å²) in [6, 6.07) is -11.2. The monoisotopic (exact) mass is 1550 g/mol. The topological polar surface area (TPSA) is 298 Å². The molecule has 27 nitrogen and oxygen atoms in total. The largest absolute Gasteiger partial charge is 0.391 e. The van der Waals surface area contributed by atoms with Gasteiger partial charge in [-0.25, -0.2) is 8.78 Å². The second kappa shape index (κ2) is 42.0. The van der Waals surface area contributed by atoms with Crippen molar-refractivity contribution in [3.63, 3.8) is 0 Å². The van der Waals surface area contributed by atoms with Crippen LogP contribution in [0.15, 0.2) is 12.2 Å². The number of amides is 12. The maximum atomic E-state index is 15.8. The molecule has 0 radical (unpaired) electrons. The van der Waals surface area contributed by atoms with Gasteiger partial charge in [0.05, 0.1) is 38.6 Å². The van der Waals surface area contributed by atoms with E-state index in [1.807, 2.05) is 34.6 Å². The molecule has 0 aromatic carbocycles. The molecule has 2 saturated carbocycles. The number of carbonyl (C=O) groups is 12. The van der Waals surface area contributed by atoms with E-state index in [0.29, 0.717) is 38.5 Å². The molecule has 5 aliphatic rings. The Bertz CT molecular complexity index is 3130. The highest BCUT2D eigenvalue weighted by Crippen LogP contribution is 2.50. The van der Waals surface area contributed by atoms with Crippen LogP contribution in [0.4, 0.5) is 22.0 Å². The van der Waals surface area contributed by atoms with Crippen molar-refractivity contribution in [3.8, 4) is 0 Å². The number of ether oxygens (including phenoxy) is 3. The summed E-state index contributed by atoms with van der Waals surface area (Å²) in [4.78, 5) is 193. The highest BCUT2D eigenvalue weighted by Gasteiger charge is 2.59. The average molecular weight is 1560 g/mol. The third-order valence-corrected chi connectivity index (χ3v) is 22.8. The fraction of sp³-hybridized carbons (Fsp3) is 0.818. The molecular weight excluding hydrogens is 1430 g/mol. The Hall–Kier alpha value is -7.09. The highest BCUT2D eigenvalue weighted by molar-refractivity contribution is 6.01. The highest BCUT2D eigenvalue weighted by atomic mass is 19.4. The predicted octanol–water partition coefficient (Wildman–Crippen LogP) is 5.84. The van der Waals surface area contributed by atoms with Crippen LogP contribution in [0, 0.1) is 29.1 Å². The van der Waals surface area contributed by atoms with Gasteiger partial charge in [0.1, 0.15) is 66.2 Å². The number of nitrogens with zero attached hydrogens (tertiary/aromatic N) is 9. The van der Waals surface area contributed by atoms with Crippen LogP contribution >= 0.6 is 0 Å². The van der Waals surface area contributed by atoms with Crippen LogP contribution in [-0.2, 0) is 71.7 Å². The Morgan fingerprint density at radius 1 is 0.716 bits per heavy atom. The normalized spacial score (nSPS) is 28.2. The molecule has 3 aliphatic heterocycles. The molecule has 620 valence electrons. The van der Waals surface area contributed by atoms with Gasteiger partial charge in [0.15, 0.2) is 0 Å². The van der Waals surface area contributed by atoms with Gasteiger partial charge in [-0.1, -0.05) is 79.9 Å². The summed E-state index contributed by atoms with van der Waals surface area (Å²) < 4.78 is 88.5. The van der Waals surface area contributed by atoms with Crippen molar-refractivity contribution < 1.29 is 93.7 Å². The molecule has 0 aromatic rings. The molecule has 2 aliphatic carbocycles. The van der Waals surface area contributed by atoms with Gasteiger partial charge in [0.25, 0.3) is 0 Å². The van der Waals surface area contributed by atoms with Crippen LogP contribution in [0.3, 0.4) is 0 Å². The molecule has 12 amide bonds. The van der Waals surface area contributed by atoms with Crippen molar-refractivity contribution in [1.29, 1.82) is 0 Å². The number of hydrogen-bond donors (Lipinski definition) is 3. The molecule has 0 aromatic heterocycles. The van der Waals surface area contributed by atoms with Crippen LogP contribution in [0.2, 0.25) is 0 Å². The van der Waals surface area contributed by atoms with Crippen LogP contribution in [0.25, 0.3) is 0 Å². The van der Waals surface area contributed by atoms with Gasteiger partial charge >= 0.3 is 6.18 Å². The zero-order chi connectivity index (χ0) is 81.7. The summed E-state index contributed by atoms with van der Waals surface area (Å²) in [6.07, 6.45) is -6.28. The van der Waals surface area contributed by atoms with Crippen LogP contribution in [0.1, 0.15) is 184 Å². The molecule has 32 heteroatoms. The lowest BCUT2D eigenvalue weighted by Gasteiger charge is -2.54. The Morgan fingerprint density at radius 3 is 1.94 bits per heavy atom. The molecule has 5 rings (SSSR count). The molecule has 4 fully saturated rings. The maximum Gasteiger partial charge on any atom is 0.391 e. The molecule has 2 unspecified atom stereocenters. The summed E-state index contributed by atoms with van der Waals surface area (Å²) in [7, 11) is 12.4. The SMILES string of the molecule is CCCOC[C@H]1C(=O)N[C@@H]([C@@H](C)CC)C(=O)N(C)CC(=O)N(C)[C@H]2C/C=C\CCN(C2=O)[C@@H](CC2CCC(F)CC2)C(=O)N(C)CC(=O)N[C@@H](CCC(CCOC)CC(F)CC(F)(F)F)C(=O)N2C[C@H](OCC)C[C@H]2C(=O)NC2(CC(C)(C)C2)C(=O)N(C)[C@@H](C(CC)CC)C(=O)N(C)[C@H](C(=O)N(C)C)CC(=O)N1C. The Kier molecular flexibility index (Phi) is 35.6. The third kappa shape index (κ3) is 25.2. The van der Waals surface area contributed by atoms with E-state index in [1.165, 1.54) is 88.0 Å². The minimum Gasteiger partial charge on any atom is -0.385 e. The minimum atomic E-state index is -4.85. The molecule has 3 N–H and O–H groups in total. The summed E-state index contributed by atoms with van der Waals surface area (Å²) >= 11 is 0. The Morgan fingerprint density at radius 2 is 1.36 bits per heavy atom. The van der Waals surface area contributed by atoms with E-state index in [0.717, 1.165) is 19.6 Å². The van der Waals surface area contributed by atoms with Crippen molar-refractivity contribution in [1.82, 2.24) is 60.0 Å². The zero-order valence-corrected chi connectivity index (χ0v) is 67.7. The first-order valence-corrected chi connectivity index (χ1v) is 39.1. The number of halogens is 5. The molecule has 2 saturated heterocycles. The first kappa shape index (κ1) is 92.5. The lowest BCUT2D eigenvalue weighted by Crippen LogP contribution is -2.71. The van der Waals surface area contributed by atoms with E-state index in [-0.39, 0.29) is 116 Å². The predicted molar refractivity (Wildman–Crippen MR) is 397 cm³/mol. The summed E-state index contributed by atoms with van der Waals surface area (Å²) in [5.41, 5.74) is -2.33. The molecule has 12 atom stereocenters. The van der Waals surface area contributed by atoms with E-state index in [4.69, 9.17) is 14.2 Å². The van der Waals surface area contributed by atoms with E-state index in [2.05, 4.69) is 16.0 Å². The fourth-order valence-corrected chi connectivity index (χ4v) is 16.3. The summed E-state index contributed by atoms with van der Waals surface area (Å²) in [5, 5.41) is 8.60. The number of fused-ring (bicyclic) bond motifs is 3. The van der Waals surface area contributed by atoms with E-state index in [9.17, 15) is 46.3 Å². The molecule has 1 spiro atoms. The number of alkyl halides is 5. The first-order valence-electron chi connectivity index (χ1n) is 39.1. The first-order chi connectivity index (χ1) is 51.1. The van der Waals surface area contributed by atoms with Crippen molar-refractivity contribution in [3.05, 3.63) is 12.2 Å². The smallest absolute Gasteiger partial charge is 0.385 e. The van der Waals surface area contributed by atoms with Crippen LogP contribution in [0.5, 0.6) is 0 Å². The van der Waals surface area contributed by atoms with Gasteiger partial charge < -0.3 is 74.3 Å². The average Bonchev–Trinajstić information content (AvgIpc) is 0.844. The molecular formula is C77H127F5N12O15. The summed E-state index contributed by atoms with van der Waals surface area (Å²) in [6.45, 7) is 12.7. The standard InChI is InChI=1S/C77H127F5N12O15/c1-18-35-108-45-60-66(98)84-64(48(6)19-2)72(104)88(12)44-63(97)89(13)56-26-24-23-25-34-93(71(56)103)59(38-49-27-30-52(78)31-28-49)70(102)87(11)43-61(95)83-55(32-29-50(33-36-107-17)37-53(79)41-77(80,81)82)68(100)94-42-54(109-22-5)39-57(94)67(99)85-76(46-75(7,8)47-76)74(106)92(16)65(51(20-3)21-4)73(105)91(15)58(69(101)86(9)10)40-62(96)90(60)14/h23-24,48-60,64-65H,18-22,25-47H2,1-17H3,(H,83,95)(H,84,98)(H,85,99)/b24-23-/t48-,49?,50?,52?,53?,54+,55-,56-,57-,58-,59-,60-,64-,65-/m0/s1.